The van der Waals surface area contributed by atoms with Gasteiger partial charge in [0.1, 0.15) is 67.0 Å². The van der Waals surface area contributed by atoms with Crippen molar-refractivity contribution in [3.05, 3.63) is 405 Å². The molecule has 0 aliphatic heterocycles. The summed E-state index contributed by atoms with van der Waals surface area (Å²) < 4.78 is 37.9. The third-order valence-electron chi connectivity index (χ3n) is 24.5. The van der Waals surface area contributed by atoms with Crippen molar-refractivity contribution in [1.29, 1.82) is 0 Å². The maximum atomic E-state index is 6.36. The molecule has 566 valence electrons. The fraction of sp³-hybridized carbons (Fsp3) is 0.0270. The van der Waals surface area contributed by atoms with E-state index in [1.807, 2.05) is 72.8 Å². The van der Waals surface area contributed by atoms with E-state index in [1.165, 1.54) is 54.6 Å². The molecule has 0 bridgehead atoms. The van der Waals surface area contributed by atoms with E-state index in [0.29, 0.717) is 0 Å². The Morgan fingerprint density at radius 1 is 0.175 bits per heavy atom. The highest BCUT2D eigenvalue weighted by atomic mass is 16.3. The Morgan fingerprint density at radius 3 is 0.842 bits per heavy atom. The number of fused-ring (bicyclic) bond motifs is 25. The van der Waals surface area contributed by atoms with Gasteiger partial charge in [0.2, 0.25) is 0 Å². The minimum atomic E-state index is -0.0982. The Kier molecular flexibility index (Phi) is 15.5. The molecule has 0 radical (unpaired) electrons. The van der Waals surface area contributed by atoms with Gasteiger partial charge in [-0.1, -0.05) is 238 Å². The van der Waals surface area contributed by atoms with Gasteiger partial charge in [-0.15, -0.1) is 0 Å². The van der Waals surface area contributed by atoms with Crippen LogP contribution >= 0.6 is 0 Å². The molecule has 0 saturated carbocycles. The SMILES string of the molecule is CC1(C)c2ccccc2-c2c(N(c3ccc4c(c3)oc3ccccc34)c3ccc4c(c3)oc3ccccc34)cccc21.c1ccc2c(N(c3ccc4c(c3)oc3ccccc34)c3ccc4c(c3)oc3ccccc34)cccc2c1.c1ccc2c(c1)ccc1cc(N(c3ccc4c(c3)oc3ccccc34)c3ccc4c(c3)oc3ccccc34)ccc12. The van der Waals surface area contributed by atoms with Crippen molar-refractivity contribution in [3.8, 4) is 11.1 Å². The summed E-state index contributed by atoms with van der Waals surface area (Å²) >= 11 is 0. The fourth-order valence-corrected chi connectivity index (χ4v) is 18.9. The van der Waals surface area contributed by atoms with Crippen LogP contribution in [0.15, 0.2) is 421 Å². The molecule has 9 heteroatoms. The average Bonchev–Trinajstić information content (AvgIpc) is 1.56. The number of para-hydroxylation sites is 6. The van der Waals surface area contributed by atoms with Gasteiger partial charge in [0.15, 0.2) is 0 Å². The van der Waals surface area contributed by atoms with Crippen LogP contribution in [0.25, 0.3) is 175 Å². The number of benzene rings is 19. The number of hydrogen-bond donors (Lipinski definition) is 0. The van der Waals surface area contributed by atoms with E-state index in [1.54, 1.807) is 0 Å². The lowest BCUT2D eigenvalue weighted by Crippen LogP contribution is -2.16. The van der Waals surface area contributed by atoms with Gasteiger partial charge in [0.05, 0.1) is 11.4 Å². The number of furan rings is 6. The standard InChI is InChI=1S/C39H27NO2.C38H23NO2.C34H21NO2/c1-39(2)31-13-6-3-12-30(31)38-32(39)14-9-15-33(38)40(24-18-20-28-26-10-4-7-16-34(26)41-36(28)22-24)25-19-21-29-27-11-5-8-17-35(27)42-37(29)23-25;1-2-8-29-24(7-1)13-14-25-21-26(15-18-30(25)29)39(27-16-19-33-31-9-3-5-11-35(31)40-37(33)22-27)28-17-20-34-32-10-4-6-12-36(32)41-38(34)23-28;1-2-10-25-22(8-1)9-7-13-30(25)35(23-16-18-28-26-11-3-5-14-31(26)36-33(28)20-23)24-17-19-29-27-12-4-6-15-32(27)37-34(29)21-24/h3-23H,1-2H3;1-23H;1-21H. The minimum absolute atomic E-state index is 0.0982. The summed E-state index contributed by atoms with van der Waals surface area (Å²) in [6.45, 7) is 4.65. The zero-order chi connectivity index (χ0) is 79.3. The van der Waals surface area contributed by atoms with Gasteiger partial charge in [-0.05, 0) is 177 Å². The lowest BCUT2D eigenvalue weighted by molar-refractivity contribution is 0.660. The van der Waals surface area contributed by atoms with Gasteiger partial charge in [-0.2, -0.15) is 0 Å². The van der Waals surface area contributed by atoms with E-state index in [0.717, 1.165) is 183 Å². The molecule has 0 unspecified atom stereocenters. The van der Waals surface area contributed by atoms with Crippen LogP contribution < -0.4 is 14.7 Å². The zero-order valence-corrected chi connectivity index (χ0v) is 65.3. The summed E-state index contributed by atoms with van der Waals surface area (Å²) in [6.07, 6.45) is 0. The first-order chi connectivity index (χ1) is 59.2. The Morgan fingerprint density at radius 2 is 0.433 bits per heavy atom. The van der Waals surface area contributed by atoms with E-state index < -0.39 is 0 Å². The van der Waals surface area contributed by atoms with Crippen LogP contribution in [0, 0.1) is 0 Å². The summed E-state index contributed by atoms with van der Waals surface area (Å²) in [6, 6.07) is 138. The molecule has 0 fully saturated rings. The summed E-state index contributed by atoms with van der Waals surface area (Å²) in [5.74, 6) is 0. The van der Waals surface area contributed by atoms with Gasteiger partial charge >= 0.3 is 0 Å². The van der Waals surface area contributed by atoms with Crippen LogP contribution in [-0.4, -0.2) is 0 Å². The van der Waals surface area contributed by atoms with Crippen molar-refractivity contribution in [2.75, 3.05) is 14.7 Å². The summed E-state index contributed by atoms with van der Waals surface area (Å²) in [7, 11) is 0. The normalized spacial score (nSPS) is 12.5. The Hall–Kier alpha value is -15.8. The lowest BCUT2D eigenvalue weighted by Gasteiger charge is -2.28. The predicted molar refractivity (Wildman–Crippen MR) is 497 cm³/mol. The van der Waals surface area contributed by atoms with Gasteiger partial charge in [-0.3, -0.25) is 0 Å². The van der Waals surface area contributed by atoms with E-state index in [4.69, 9.17) is 26.5 Å². The second kappa shape index (κ2) is 27.1. The smallest absolute Gasteiger partial charge is 0.137 e. The van der Waals surface area contributed by atoms with Crippen LogP contribution in [0.3, 0.4) is 0 Å². The molecule has 0 spiro atoms. The van der Waals surface area contributed by atoms with Crippen molar-refractivity contribution >= 4 is 215 Å². The van der Waals surface area contributed by atoms with Crippen molar-refractivity contribution in [1.82, 2.24) is 0 Å². The largest absolute Gasteiger partial charge is 0.456 e. The Bertz CT molecular complexity index is 8130. The van der Waals surface area contributed by atoms with Gasteiger partial charge in [-0.25, -0.2) is 0 Å². The third kappa shape index (κ3) is 11.1. The second-order valence-corrected chi connectivity index (χ2v) is 31.7. The maximum absolute atomic E-state index is 6.36. The molecule has 26 rings (SSSR count). The maximum Gasteiger partial charge on any atom is 0.137 e. The van der Waals surface area contributed by atoms with Crippen LogP contribution in [-0.2, 0) is 5.41 Å². The quantitative estimate of drug-likeness (QED) is 0.131. The molecular weight excluding hydrogens is 1470 g/mol. The lowest BCUT2D eigenvalue weighted by atomic mass is 9.82. The van der Waals surface area contributed by atoms with Crippen LogP contribution in [0.2, 0.25) is 0 Å². The van der Waals surface area contributed by atoms with Crippen LogP contribution in [0.1, 0.15) is 25.0 Å². The van der Waals surface area contributed by atoms with E-state index in [2.05, 4.69) is 350 Å². The highest BCUT2D eigenvalue weighted by Crippen LogP contribution is 2.56. The zero-order valence-electron chi connectivity index (χ0n) is 65.3. The molecule has 6 heterocycles. The van der Waals surface area contributed by atoms with Crippen LogP contribution in [0.4, 0.5) is 51.2 Å². The summed E-state index contributed by atoms with van der Waals surface area (Å²) in [5, 5.41) is 20.8. The number of nitrogens with zero attached hydrogens (tertiary/aromatic N) is 3. The summed E-state index contributed by atoms with van der Waals surface area (Å²) in [5.41, 5.74) is 25.2. The fourth-order valence-electron chi connectivity index (χ4n) is 18.9. The predicted octanol–water partition coefficient (Wildman–Crippen LogP) is 32.6. The molecule has 1 aliphatic rings. The van der Waals surface area contributed by atoms with E-state index >= 15 is 0 Å². The first-order valence-electron chi connectivity index (χ1n) is 40.7. The molecular formula is C111H71N3O6. The average molecular weight is 1540 g/mol. The molecule has 25 aromatic rings. The Balaban J connectivity index is 0.000000102. The second-order valence-electron chi connectivity index (χ2n) is 31.7. The van der Waals surface area contributed by atoms with E-state index in [9.17, 15) is 0 Å². The molecule has 0 atom stereocenters. The van der Waals surface area contributed by atoms with Crippen LogP contribution in [0.5, 0.6) is 0 Å². The number of anilines is 9. The van der Waals surface area contributed by atoms with Crippen molar-refractivity contribution < 1.29 is 26.5 Å². The molecule has 1 aliphatic carbocycles. The van der Waals surface area contributed by atoms with Crippen molar-refractivity contribution in [3.63, 3.8) is 0 Å². The molecule has 120 heavy (non-hydrogen) atoms. The number of hydrogen-bond acceptors (Lipinski definition) is 9. The van der Waals surface area contributed by atoms with Gasteiger partial charge in [0, 0.05) is 157 Å². The molecule has 6 aromatic heterocycles. The van der Waals surface area contributed by atoms with Gasteiger partial charge < -0.3 is 41.2 Å². The topological polar surface area (TPSA) is 88.6 Å². The molecule has 0 N–H and O–H groups in total. The minimum Gasteiger partial charge on any atom is -0.456 e. The Labute approximate surface area is 687 Å². The monoisotopic (exact) mass is 1540 g/mol. The highest BCUT2D eigenvalue weighted by Gasteiger charge is 2.38. The molecule has 0 saturated heterocycles. The summed E-state index contributed by atoms with van der Waals surface area (Å²) in [4.78, 5) is 6.94. The first-order valence-corrected chi connectivity index (χ1v) is 40.7. The molecule has 9 nitrogen and oxygen atoms in total. The van der Waals surface area contributed by atoms with Crippen molar-refractivity contribution in [2.45, 2.75) is 19.3 Å². The molecule has 19 aromatic carbocycles. The molecule has 0 amide bonds. The van der Waals surface area contributed by atoms with E-state index in [-0.39, 0.29) is 5.41 Å². The first kappa shape index (κ1) is 68.6. The van der Waals surface area contributed by atoms with Crippen molar-refractivity contribution in [2.24, 2.45) is 0 Å². The van der Waals surface area contributed by atoms with Gasteiger partial charge in [0.25, 0.3) is 0 Å². The highest BCUT2D eigenvalue weighted by molar-refractivity contribution is 6.15. The third-order valence-corrected chi connectivity index (χ3v) is 24.5. The number of rotatable bonds is 9.